The summed E-state index contributed by atoms with van der Waals surface area (Å²) < 4.78 is 26.2. The van der Waals surface area contributed by atoms with E-state index < -0.39 is 7.14 Å². The number of fused-ring (bicyclic) bond motifs is 1. The van der Waals surface area contributed by atoms with E-state index in [9.17, 15) is 4.57 Å². The summed E-state index contributed by atoms with van der Waals surface area (Å²) in [6.45, 7) is 10.0. The van der Waals surface area contributed by atoms with E-state index in [4.69, 9.17) is 14.5 Å². The fourth-order valence-corrected chi connectivity index (χ4v) is 7.48. The maximum absolute atomic E-state index is 13.4. The second kappa shape index (κ2) is 12.6. The lowest BCUT2D eigenvalue weighted by molar-refractivity contribution is -0.00226. The fourth-order valence-electron chi connectivity index (χ4n) is 5.79. The number of aromatic nitrogens is 4. The van der Waals surface area contributed by atoms with Crippen molar-refractivity contribution < 1.29 is 14.0 Å². The molecule has 0 unspecified atom stereocenters. The molecule has 3 heterocycles. The second-order valence-corrected chi connectivity index (χ2v) is 15.9. The third-order valence-electron chi connectivity index (χ3n) is 8.31. The number of nitrogens with one attached hydrogen (secondary N) is 2. The highest BCUT2D eigenvalue weighted by molar-refractivity contribution is 9.10. The number of nitrogens with zero attached hydrogens (tertiary/aromatic N) is 6. The van der Waals surface area contributed by atoms with Crippen molar-refractivity contribution in [2.45, 2.75) is 31.9 Å². The number of methoxy groups -OCH3 is 1. The molecule has 2 N–H and O–H groups in total. The molecule has 0 atom stereocenters. The van der Waals surface area contributed by atoms with Crippen LogP contribution in [0.1, 0.15) is 18.4 Å². The maximum atomic E-state index is 13.4. The van der Waals surface area contributed by atoms with E-state index in [1.54, 1.807) is 39.0 Å². The van der Waals surface area contributed by atoms with Crippen LogP contribution in [-0.4, -0.2) is 95.5 Å². The summed E-state index contributed by atoms with van der Waals surface area (Å²) in [5.41, 5.74) is 3.66. The first-order valence-electron chi connectivity index (χ1n) is 14.7. The van der Waals surface area contributed by atoms with E-state index in [0.29, 0.717) is 50.1 Å². The Bertz CT molecular complexity index is 1720. The van der Waals surface area contributed by atoms with Gasteiger partial charge in [-0.2, -0.15) is 4.98 Å². The highest BCUT2D eigenvalue weighted by Crippen LogP contribution is 2.42. The molecule has 1 saturated heterocycles. The van der Waals surface area contributed by atoms with Gasteiger partial charge in [-0.15, -0.1) is 0 Å². The molecule has 2 aliphatic rings. The maximum Gasteiger partial charge on any atom is 0.229 e. The smallest absolute Gasteiger partial charge is 0.229 e. The van der Waals surface area contributed by atoms with Gasteiger partial charge >= 0.3 is 0 Å². The number of halogens is 1. The normalized spacial score (nSPS) is 19.4. The molecule has 0 spiro atoms. The molecule has 1 saturated carbocycles. The van der Waals surface area contributed by atoms with Crippen LogP contribution >= 0.6 is 23.1 Å². The molecular formula is C31H38BrN8O3P. The van der Waals surface area contributed by atoms with Crippen LogP contribution in [0.15, 0.2) is 47.3 Å². The van der Waals surface area contributed by atoms with E-state index >= 15 is 0 Å². The Morgan fingerprint density at radius 2 is 1.73 bits per heavy atom. The number of ether oxygens (including phenoxy) is 2. The van der Waals surface area contributed by atoms with Gasteiger partial charge in [0, 0.05) is 69.7 Å². The van der Waals surface area contributed by atoms with Crippen molar-refractivity contribution in [1.29, 1.82) is 0 Å². The van der Waals surface area contributed by atoms with Crippen molar-refractivity contribution in [3.05, 3.63) is 52.9 Å². The van der Waals surface area contributed by atoms with E-state index in [2.05, 4.69) is 58.4 Å². The van der Waals surface area contributed by atoms with Crippen LogP contribution in [0.5, 0.6) is 11.5 Å². The number of piperazine rings is 1. The quantitative estimate of drug-likeness (QED) is 0.222. The minimum atomic E-state index is -2.73. The van der Waals surface area contributed by atoms with Crippen LogP contribution in [0.25, 0.3) is 11.0 Å². The van der Waals surface area contributed by atoms with Gasteiger partial charge in [0.25, 0.3) is 0 Å². The largest absolute Gasteiger partial charge is 0.494 e. The zero-order valence-corrected chi connectivity index (χ0v) is 28.2. The van der Waals surface area contributed by atoms with Crippen LogP contribution < -0.4 is 25.4 Å². The molecule has 232 valence electrons. The number of hydrogen-bond donors (Lipinski definition) is 2. The summed E-state index contributed by atoms with van der Waals surface area (Å²) >= 11 is 3.56. The van der Waals surface area contributed by atoms with E-state index in [0.717, 1.165) is 56.0 Å². The van der Waals surface area contributed by atoms with Crippen molar-refractivity contribution >= 4 is 62.6 Å². The van der Waals surface area contributed by atoms with Gasteiger partial charge in [0.2, 0.25) is 5.95 Å². The van der Waals surface area contributed by atoms with Crippen LogP contribution in [-0.2, 0) is 4.57 Å². The summed E-state index contributed by atoms with van der Waals surface area (Å²) in [6.07, 6.45) is 7.20. The van der Waals surface area contributed by atoms with E-state index in [1.165, 1.54) is 0 Å². The number of rotatable bonds is 9. The van der Waals surface area contributed by atoms with Crippen molar-refractivity contribution in [3.63, 3.8) is 0 Å². The molecule has 11 nitrogen and oxygen atoms in total. The Kier molecular flexibility index (Phi) is 8.79. The molecule has 44 heavy (non-hydrogen) atoms. The van der Waals surface area contributed by atoms with Crippen LogP contribution in [0.4, 0.5) is 23.1 Å². The molecule has 0 radical (unpaired) electrons. The molecule has 1 aliphatic carbocycles. The van der Waals surface area contributed by atoms with Crippen molar-refractivity contribution in [3.8, 4) is 11.5 Å². The molecule has 1 aliphatic heterocycles. The van der Waals surface area contributed by atoms with Gasteiger partial charge in [0.05, 0.1) is 33.8 Å². The van der Waals surface area contributed by atoms with Gasteiger partial charge in [-0.25, -0.2) is 4.98 Å². The van der Waals surface area contributed by atoms with E-state index in [-0.39, 0.29) is 6.10 Å². The lowest BCUT2D eigenvalue weighted by atomic mass is 9.87. The highest BCUT2D eigenvalue weighted by atomic mass is 79.9. The molecule has 0 bridgehead atoms. The van der Waals surface area contributed by atoms with Gasteiger partial charge in [-0.1, -0.05) is 0 Å². The summed E-state index contributed by atoms with van der Waals surface area (Å²) in [5.74, 6) is 2.34. The molecule has 0 amide bonds. The minimum absolute atomic E-state index is 0.206. The number of anilines is 4. The average molecular weight is 682 g/mol. The highest BCUT2D eigenvalue weighted by Gasteiger charge is 2.36. The standard InChI is InChI=1S/C31H38BrN8O3P/c1-19-14-25(27(42-3)17-26(19)43-21-15-20(16-21)40-12-10-39(2)11-13-40)37-31-35-18-22(32)30(38-31)36-24-7-6-23-28(34-9-8-33-23)29(24)44(4,5)41/h6-9,14,17-18,20-21H,10-13,15-16H2,1-5H3,(H2,35,36,37,38). The number of benzene rings is 2. The van der Waals surface area contributed by atoms with Crippen molar-refractivity contribution in [2.75, 3.05) is 64.3 Å². The zero-order valence-electron chi connectivity index (χ0n) is 25.7. The Morgan fingerprint density at radius 1 is 0.977 bits per heavy atom. The van der Waals surface area contributed by atoms with Crippen LogP contribution in [0.3, 0.4) is 0 Å². The van der Waals surface area contributed by atoms with Crippen molar-refractivity contribution in [1.82, 2.24) is 29.7 Å². The number of hydrogen-bond acceptors (Lipinski definition) is 11. The SMILES string of the molecule is COc1cc(OC2CC(N3CCN(C)CC3)C2)c(C)cc1Nc1ncc(Br)c(Nc2ccc3nccnc3c2P(C)(C)=O)n1. The Hall–Kier alpha value is -3.31. The summed E-state index contributed by atoms with van der Waals surface area (Å²) in [4.78, 5) is 23.0. The molecule has 13 heteroatoms. The molecule has 2 aromatic carbocycles. The second-order valence-electron chi connectivity index (χ2n) is 11.9. The van der Waals surface area contributed by atoms with Crippen LogP contribution in [0, 0.1) is 6.92 Å². The molecule has 4 aromatic rings. The average Bonchev–Trinajstić information content (AvgIpc) is 2.97. The predicted molar refractivity (Wildman–Crippen MR) is 179 cm³/mol. The van der Waals surface area contributed by atoms with Gasteiger partial charge in [0.15, 0.2) is 0 Å². The Labute approximate surface area is 266 Å². The molecule has 6 rings (SSSR count). The predicted octanol–water partition coefficient (Wildman–Crippen LogP) is 5.39. The zero-order chi connectivity index (χ0) is 31.0. The molecule has 2 fully saturated rings. The topological polar surface area (TPSA) is 118 Å². The summed E-state index contributed by atoms with van der Waals surface area (Å²) in [5, 5.41) is 7.27. The first kappa shape index (κ1) is 30.7. The fraction of sp³-hybridized carbons (Fsp3) is 0.419. The van der Waals surface area contributed by atoms with Gasteiger partial charge in [0.1, 0.15) is 36.1 Å². The van der Waals surface area contributed by atoms with Gasteiger partial charge in [-0.3, -0.25) is 14.9 Å². The molecular weight excluding hydrogens is 643 g/mol. The third-order valence-corrected chi connectivity index (χ3v) is 10.4. The minimum Gasteiger partial charge on any atom is -0.494 e. The third kappa shape index (κ3) is 6.54. The first-order chi connectivity index (χ1) is 21.1. The lowest BCUT2D eigenvalue weighted by Gasteiger charge is -2.45. The van der Waals surface area contributed by atoms with Crippen molar-refractivity contribution in [2.24, 2.45) is 0 Å². The molecule has 2 aromatic heterocycles. The monoisotopic (exact) mass is 680 g/mol. The van der Waals surface area contributed by atoms with Crippen LogP contribution in [0.2, 0.25) is 0 Å². The Balaban J connectivity index is 1.18. The van der Waals surface area contributed by atoms with E-state index in [1.807, 2.05) is 31.2 Å². The van der Waals surface area contributed by atoms with Gasteiger partial charge < -0.3 is 29.6 Å². The lowest BCUT2D eigenvalue weighted by Crippen LogP contribution is -2.55. The first-order valence-corrected chi connectivity index (χ1v) is 18.1. The number of likely N-dealkylation sites (N-methyl/N-ethyl adjacent to an activating group) is 1. The van der Waals surface area contributed by atoms with Gasteiger partial charge in [-0.05, 0) is 67.0 Å². The summed E-state index contributed by atoms with van der Waals surface area (Å²) in [7, 11) is 1.09. The summed E-state index contributed by atoms with van der Waals surface area (Å²) in [6, 6.07) is 8.24. The number of aryl methyl sites for hydroxylation is 1. The Morgan fingerprint density at radius 3 is 2.45 bits per heavy atom.